The van der Waals surface area contributed by atoms with Crippen molar-refractivity contribution < 1.29 is 27.4 Å². The first-order valence-corrected chi connectivity index (χ1v) is 10.3. The SMILES string of the molecule is COc1ccc(S(=O)(=O)NCC(=O)OCc2cccc3ccccc23)cc1OC. The van der Waals surface area contributed by atoms with E-state index in [9.17, 15) is 13.2 Å². The molecule has 152 valence electrons. The lowest BCUT2D eigenvalue weighted by Gasteiger charge is -2.11. The zero-order valence-electron chi connectivity index (χ0n) is 16.0. The van der Waals surface area contributed by atoms with Crippen molar-refractivity contribution in [3.8, 4) is 11.5 Å². The van der Waals surface area contributed by atoms with Gasteiger partial charge in [-0.1, -0.05) is 42.5 Å². The van der Waals surface area contributed by atoms with E-state index in [2.05, 4.69) is 4.72 Å². The molecule has 0 amide bonds. The van der Waals surface area contributed by atoms with E-state index in [4.69, 9.17) is 14.2 Å². The average molecular weight is 415 g/mol. The summed E-state index contributed by atoms with van der Waals surface area (Å²) in [7, 11) is -1.05. The van der Waals surface area contributed by atoms with Crippen LogP contribution in [0.4, 0.5) is 0 Å². The van der Waals surface area contributed by atoms with E-state index in [0.29, 0.717) is 5.75 Å². The Labute approximate surface area is 169 Å². The summed E-state index contributed by atoms with van der Waals surface area (Å²) in [6, 6.07) is 17.6. The molecule has 0 atom stereocenters. The van der Waals surface area contributed by atoms with Gasteiger partial charge in [-0.25, -0.2) is 8.42 Å². The molecule has 3 aromatic carbocycles. The lowest BCUT2D eigenvalue weighted by atomic mass is 10.1. The molecule has 7 nitrogen and oxygen atoms in total. The van der Waals surface area contributed by atoms with E-state index < -0.39 is 22.5 Å². The van der Waals surface area contributed by atoms with Gasteiger partial charge in [0.1, 0.15) is 13.2 Å². The highest BCUT2D eigenvalue weighted by Gasteiger charge is 2.18. The van der Waals surface area contributed by atoms with Crippen LogP contribution >= 0.6 is 0 Å². The highest BCUT2D eigenvalue weighted by Crippen LogP contribution is 2.29. The maximum atomic E-state index is 12.4. The second-order valence-corrected chi connectivity index (χ2v) is 7.91. The quantitative estimate of drug-likeness (QED) is 0.569. The molecule has 0 aromatic heterocycles. The van der Waals surface area contributed by atoms with Crippen molar-refractivity contribution in [3.05, 3.63) is 66.2 Å². The second-order valence-electron chi connectivity index (χ2n) is 6.14. The molecule has 8 heteroatoms. The lowest BCUT2D eigenvalue weighted by Crippen LogP contribution is -2.30. The summed E-state index contributed by atoms with van der Waals surface area (Å²) in [5.41, 5.74) is 0.846. The molecule has 0 saturated carbocycles. The number of hydrogen-bond donors (Lipinski definition) is 1. The molecule has 3 rings (SSSR count). The molecule has 0 fully saturated rings. The maximum Gasteiger partial charge on any atom is 0.321 e. The Kier molecular flexibility index (Phi) is 6.36. The number of esters is 1. The van der Waals surface area contributed by atoms with Gasteiger partial charge in [-0.2, -0.15) is 4.72 Å². The van der Waals surface area contributed by atoms with Gasteiger partial charge < -0.3 is 14.2 Å². The molecule has 1 N–H and O–H groups in total. The van der Waals surface area contributed by atoms with Crippen LogP contribution in [0.25, 0.3) is 10.8 Å². The number of fused-ring (bicyclic) bond motifs is 1. The van der Waals surface area contributed by atoms with Crippen molar-refractivity contribution in [2.45, 2.75) is 11.5 Å². The third-order valence-corrected chi connectivity index (χ3v) is 5.74. The van der Waals surface area contributed by atoms with E-state index in [0.717, 1.165) is 16.3 Å². The smallest absolute Gasteiger partial charge is 0.321 e. The third kappa shape index (κ3) is 4.85. The number of carbonyl (C=O) groups is 1. The Morgan fingerprint density at radius 1 is 0.931 bits per heavy atom. The molecular weight excluding hydrogens is 394 g/mol. The third-order valence-electron chi connectivity index (χ3n) is 4.34. The maximum absolute atomic E-state index is 12.4. The van der Waals surface area contributed by atoms with Gasteiger partial charge in [0.05, 0.1) is 19.1 Å². The fourth-order valence-electron chi connectivity index (χ4n) is 2.85. The van der Waals surface area contributed by atoms with Crippen LogP contribution < -0.4 is 14.2 Å². The molecule has 0 aliphatic rings. The average Bonchev–Trinajstić information content (AvgIpc) is 2.75. The monoisotopic (exact) mass is 415 g/mol. The zero-order chi connectivity index (χ0) is 20.9. The second kappa shape index (κ2) is 8.93. The van der Waals surface area contributed by atoms with E-state index in [-0.39, 0.29) is 17.3 Å². The van der Waals surface area contributed by atoms with Gasteiger partial charge in [-0.15, -0.1) is 0 Å². The first-order chi connectivity index (χ1) is 13.9. The van der Waals surface area contributed by atoms with E-state index in [1.807, 2.05) is 42.5 Å². The summed E-state index contributed by atoms with van der Waals surface area (Å²) in [5, 5.41) is 2.02. The molecule has 0 aliphatic carbocycles. The Bertz CT molecular complexity index is 1120. The molecule has 0 unspecified atom stereocenters. The van der Waals surface area contributed by atoms with Crippen molar-refractivity contribution in [1.29, 1.82) is 0 Å². The van der Waals surface area contributed by atoms with Gasteiger partial charge in [0.15, 0.2) is 11.5 Å². The van der Waals surface area contributed by atoms with Gasteiger partial charge in [0.25, 0.3) is 0 Å². The van der Waals surface area contributed by atoms with Gasteiger partial charge in [0.2, 0.25) is 10.0 Å². The number of carbonyl (C=O) groups excluding carboxylic acids is 1. The summed E-state index contributed by atoms with van der Waals surface area (Å²) < 4.78 is 42.6. The Morgan fingerprint density at radius 3 is 2.41 bits per heavy atom. The minimum Gasteiger partial charge on any atom is -0.493 e. The molecular formula is C21H21NO6S. The van der Waals surface area contributed by atoms with Gasteiger partial charge in [-0.05, 0) is 28.5 Å². The normalized spacial score (nSPS) is 11.2. The number of rotatable bonds is 8. The van der Waals surface area contributed by atoms with Crippen LogP contribution in [0.1, 0.15) is 5.56 Å². The predicted molar refractivity (Wildman–Crippen MR) is 108 cm³/mol. The molecule has 0 saturated heterocycles. The standard InChI is InChI=1S/C21H21NO6S/c1-26-19-11-10-17(12-20(19)27-2)29(24,25)22-13-21(23)28-14-16-8-5-7-15-6-3-4-9-18(15)16/h3-12,22H,13-14H2,1-2H3. The number of sulfonamides is 1. The van der Waals surface area contributed by atoms with Crippen LogP contribution in [0, 0.1) is 0 Å². The van der Waals surface area contributed by atoms with Gasteiger partial charge in [-0.3, -0.25) is 4.79 Å². The molecule has 0 spiro atoms. The number of nitrogens with one attached hydrogen (secondary N) is 1. The highest BCUT2D eigenvalue weighted by atomic mass is 32.2. The molecule has 0 bridgehead atoms. The van der Waals surface area contributed by atoms with Crippen molar-refractivity contribution >= 4 is 26.8 Å². The molecule has 0 radical (unpaired) electrons. The number of methoxy groups -OCH3 is 2. The van der Waals surface area contributed by atoms with Crippen molar-refractivity contribution in [3.63, 3.8) is 0 Å². The molecule has 29 heavy (non-hydrogen) atoms. The number of benzene rings is 3. The summed E-state index contributed by atoms with van der Waals surface area (Å²) >= 11 is 0. The minimum atomic E-state index is -3.92. The topological polar surface area (TPSA) is 90.9 Å². The first-order valence-electron chi connectivity index (χ1n) is 8.78. The zero-order valence-corrected chi connectivity index (χ0v) is 16.9. The highest BCUT2D eigenvalue weighted by molar-refractivity contribution is 7.89. The van der Waals surface area contributed by atoms with Crippen LogP contribution in [-0.4, -0.2) is 35.2 Å². The first kappa shape index (κ1) is 20.6. The van der Waals surface area contributed by atoms with Gasteiger partial charge in [0, 0.05) is 6.07 Å². The Morgan fingerprint density at radius 2 is 1.66 bits per heavy atom. The minimum absolute atomic E-state index is 0.0444. The molecule has 3 aromatic rings. The van der Waals surface area contributed by atoms with Crippen LogP contribution in [0.5, 0.6) is 11.5 Å². The van der Waals surface area contributed by atoms with E-state index in [1.54, 1.807) is 0 Å². The van der Waals surface area contributed by atoms with Crippen molar-refractivity contribution in [1.82, 2.24) is 4.72 Å². The van der Waals surface area contributed by atoms with Crippen LogP contribution in [0.2, 0.25) is 0 Å². The Balaban J connectivity index is 1.62. The van der Waals surface area contributed by atoms with Crippen molar-refractivity contribution in [2.75, 3.05) is 20.8 Å². The van der Waals surface area contributed by atoms with E-state index >= 15 is 0 Å². The van der Waals surface area contributed by atoms with Gasteiger partial charge >= 0.3 is 5.97 Å². The van der Waals surface area contributed by atoms with Crippen molar-refractivity contribution in [2.24, 2.45) is 0 Å². The summed E-state index contributed by atoms with van der Waals surface area (Å²) in [6.07, 6.45) is 0. The Hall–Kier alpha value is -3.10. The van der Waals surface area contributed by atoms with Crippen LogP contribution in [-0.2, 0) is 26.2 Å². The lowest BCUT2D eigenvalue weighted by molar-refractivity contribution is -0.143. The summed E-state index contributed by atoms with van der Waals surface area (Å²) in [6.45, 7) is -0.431. The largest absolute Gasteiger partial charge is 0.493 e. The van der Waals surface area contributed by atoms with Crippen LogP contribution in [0.3, 0.4) is 0 Å². The fraction of sp³-hybridized carbons (Fsp3) is 0.190. The summed E-state index contributed by atoms with van der Waals surface area (Å²) in [5.74, 6) is -0.00293. The van der Waals surface area contributed by atoms with E-state index in [1.165, 1.54) is 32.4 Å². The fourth-order valence-corrected chi connectivity index (χ4v) is 3.83. The summed E-state index contributed by atoms with van der Waals surface area (Å²) in [4.78, 5) is 12.0. The molecule has 0 aliphatic heterocycles. The predicted octanol–water partition coefficient (Wildman–Crippen LogP) is 2.88. The van der Waals surface area contributed by atoms with Crippen LogP contribution in [0.15, 0.2) is 65.6 Å². The number of hydrogen-bond acceptors (Lipinski definition) is 6. The number of ether oxygens (including phenoxy) is 3. The molecule has 0 heterocycles.